The number of aromatic amines is 1. The van der Waals surface area contributed by atoms with Gasteiger partial charge in [0, 0.05) is 42.0 Å². The number of halogens is 1. The lowest BCUT2D eigenvalue weighted by atomic mass is 10.2. The van der Waals surface area contributed by atoms with Crippen LogP contribution in [-0.2, 0) is 12.8 Å². The van der Waals surface area contributed by atoms with E-state index in [2.05, 4.69) is 57.1 Å². The highest BCUT2D eigenvalue weighted by molar-refractivity contribution is 14.0. The Kier molecular flexibility index (Phi) is 6.91. The lowest BCUT2D eigenvalue weighted by Crippen LogP contribution is -2.33. The van der Waals surface area contributed by atoms with E-state index in [4.69, 9.17) is 5.73 Å². The zero-order chi connectivity index (χ0) is 15.2. The number of fused-ring (bicyclic) bond motifs is 1. The Morgan fingerprint density at radius 3 is 2.83 bits per heavy atom. The van der Waals surface area contributed by atoms with Crippen LogP contribution >= 0.6 is 35.3 Å². The van der Waals surface area contributed by atoms with Crippen LogP contribution in [-0.4, -0.2) is 24.0 Å². The number of hydrogen-bond acceptors (Lipinski definition) is 2. The van der Waals surface area contributed by atoms with Crippen molar-refractivity contribution >= 4 is 52.2 Å². The van der Waals surface area contributed by atoms with Gasteiger partial charge in [-0.3, -0.25) is 4.99 Å². The van der Waals surface area contributed by atoms with Gasteiger partial charge >= 0.3 is 0 Å². The number of guanidine groups is 1. The SMILES string of the molecule is I.NC(=NCCc1cccs1)NCCc1cc2ccccc2[nH]1. The monoisotopic (exact) mass is 440 g/mol. The smallest absolute Gasteiger partial charge is 0.188 e. The summed E-state index contributed by atoms with van der Waals surface area (Å²) in [7, 11) is 0. The van der Waals surface area contributed by atoms with Crippen LogP contribution in [0.1, 0.15) is 10.6 Å². The summed E-state index contributed by atoms with van der Waals surface area (Å²) in [4.78, 5) is 9.11. The largest absolute Gasteiger partial charge is 0.370 e. The van der Waals surface area contributed by atoms with Gasteiger partial charge in [0.25, 0.3) is 0 Å². The van der Waals surface area contributed by atoms with E-state index < -0.39 is 0 Å². The average Bonchev–Trinajstić information content (AvgIpc) is 3.15. The third-order valence-electron chi connectivity index (χ3n) is 3.51. The summed E-state index contributed by atoms with van der Waals surface area (Å²) in [6.07, 6.45) is 1.85. The van der Waals surface area contributed by atoms with Gasteiger partial charge in [0.1, 0.15) is 0 Å². The fraction of sp³-hybridized carbons (Fsp3) is 0.235. The van der Waals surface area contributed by atoms with Crippen LogP contribution in [0, 0.1) is 0 Å². The molecule has 0 saturated carbocycles. The minimum Gasteiger partial charge on any atom is -0.370 e. The normalized spacial score (nSPS) is 11.4. The second kappa shape index (κ2) is 8.93. The van der Waals surface area contributed by atoms with Gasteiger partial charge in [-0.2, -0.15) is 0 Å². The Morgan fingerprint density at radius 1 is 1.17 bits per heavy atom. The highest BCUT2D eigenvalue weighted by atomic mass is 127. The number of thiophene rings is 1. The maximum absolute atomic E-state index is 5.88. The molecule has 0 aliphatic heterocycles. The van der Waals surface area contributed by atoms with E-state index in [9.17, 15) is 0 Å². The van der Waals surface area contributed by atoms with Crippen molar-refractivity contribution in [3.63, 3.8) is 0 Å². The second-order valence-electron chi connectivity index (χ2n) is 5.15. The van der Waals surface area contributed by atoms with Crippen molar-refractivity contribution in [3.8, 4) is 0 Å². The topological polar surface area (TPSA) is 66.2 Å². The number of aliphatic imine (C=N–C) groups is 1. The molecule has 122 valence electrons. The number of benzene rings is 1. The van der Waals surface area contributed by atoms with Crippen molar-refractivity contribution in [2.24, 2.45) is 10.7 Å². The van der Waals surface area contributed by atoms with Crippen molar-refractivity contribution in [1.82, 2.24) is 10.3 Å². The second-order valence-corrected chi connectivity index (χ2v) is 6.19. The molecule has 0 radical (unpaired) electrons. The third-order valence-corrected chi connectivity index (χ3v) is 4.44. The molecule has 0 saturated heterocycles. The van der Waals surface area contributed by atoms with Crippen LogP contribution < -0.4 is 11.1 Å². The van der Waals surface area contributed by atoms with E-state index in [1.165, 1.54) is 21.5 Å². The number of nitrogens with two attached hydrogens (primary N) is 1. The van der Waals surface area contributed by atoms with E-state index in [1.54, 1.807) is 11.3 Å². The molecule has 0 bridgehead atoms. The third kappa shape index (κ3) is 5.24. The van der Waals surface area contributed by atoms with Crippen LogP contribution in [0.3, 0.4) is 0 Å². The number of nitrogens with one attached hydrogen (secondary N) is 2. The first-order chi connectivity index (χ1) is 10.8. The van der Waals surface area contributed by atoms with Crippen LogP contribution in [0.15, 0.2) is 52.8 Å². The molecule has 23 heavy (non-hydrogen) atoms. The Hall–Kier alpha value is -1.54. The summed E-state index contributed by atoms with van der Waals surface area (Å²) >= 11 is 1.76. The zero-order valence-corrected chi connectivity index (χ0v) is 15.9. The summed E-state index contributed by atoms with van der Waals surface area (Å²) in [6.45, 7) is 1.51. The van der Waals surface area contributed by atoms with Crippen molar-refractivity contribution in [1.29, 1.82) is 0 Å². The van der Waals surface area contributed by atoms with Crippen molar-refractivity contribution < 1.29 is 0 Å². The lowest BCUT2D eigenvalue weighted by Gasteiger charge is -2.04. The van der Waals surface area contributed by atoms with Crippen molar-refractivity contribution in [2.75, 3.05) is 13.1 Å². The van der Waals surface area contributed by atoms with Crippen LogP contribution in [0.25, 0.3) is 10.9 Å². The molecule has 0 fully saturated rings. The molecular formula is C17H21IN4S. The Morgan fingerprint density at radius 2 is 2.04 bits per heavy atom. The van der Waals surface area contributed by atoms with Gasteiger partial charge in [-0.05, 0) is 29.0 Å². The molecular weight excluding hydrogens is 419 g/mol. The van der Waals surface area contributed by atoms with E-state index in [0.29, 0.717) is 5.96 Å². The summed E-state index contributed by atoms with van der Waals surface area (Å²) in [5.41, 5.74) is 8.27. The van der Waals surface area contributed by atoms with Crippen molar-refractivity contribution in [3.05, 3.63) is 58.4 Å². The van der Waals surface area contributed by atoms with Crippen LogP contribution in [0.2, 0.25) is 0 Å². The van der Waals surface area contributed by atoms with Gasteiger partial charge in [0.15, 0.2) is 5.96 Å². The molecule has 3 rings (SSSR count). The Labute approximate surface area is 157 Å². The summed E-state index contributed by atoms with van der Waals surface area (Å²) < 4.78 is 0. The molecule has 4 nitrogen and oxygen atoms in total. The van der Waals surface area contributed by atoms with Gasteiger partial charge in [-0.15, -0.1) is 35.3 Å². The maximum atomic E-state index is 5.88. The predicted molar refractivity (Wildman–Crippen MR) is 110 cm³/mol. The molecule has 0 unspecified atom stereocenters. The minimum absolute atomic E-state index is 0. The van der Waals surface area contributed by atoms with Gasteiger partial charge in [-0.25, -0.2) is 0 Å². The molecule has 0 aliphatic rings. The van der Waals surface area contributed by atoms with E-state index >= 15 is 0 Å². The van der Waals surface area contributed by atoms with Gasteiger partial charge < -0.3 is 16.0 Å². The number of H-pyrrole nitrogens is 1. The first-order valence-electron chi connectivity index (χ1n) is 7.44. The molecule has 6 heteroatoms. The fourth-order valence-electron chi connectivity index (χ4n) is 2.39. The standard InChI is InChI=1S/C17H20N4S.HI/c18-17(20-10-8-15-5-3-11-22-15)19-9-7-14-12-13-4-1-2-6-16(13)21-14;/h1-6,11-12,21H,7-10H2,(H3,18,19,20);1H. The zero-order valence-electron chi connectivity index (χ0n) is 12.8. The number of nitrogens with zero attached hydrogens (tertiary/aromatic N) is 1. The molecule has 2 heterocycles. The highest BCUT2D eigenvalue weighted by Crippen LogP contribution is 2.14. The average molecular weight is 440 g/mol. The summed E-state index contributed by atoms with van der Waals surface area (Å²) in [5, 5.41) is 6.50. The van der Waals surface area contributed by atoms with Gasteiger partial charge in [0.2, 0.25) is 0 Å². The number of rotatable bonds is 6. The minimum atomic E-state index is 0. The van der Waals surface area contributed by atoms with E-state index in [0.717, 1.165) is 25.9 Å². The van der Waals surface area contributed by atoms with Crippen LogP contribution in [0.4, 0.5) is 0 Å². The quantitative estimate of drug-likeness (QED) is 0.312. The molecule has 4 N–H and O–H groups in total. The predicted octanol–water partition coefficient (Wildman–Crippen LogP) is 3.54. The lowest BCUT2D eigenvalue weighted by molar-refractivity contribution is 0.832. The molecule has 0 amide bonds. The fourth-order valence-corrected chi connectivity index (χ4v) is 3.09. The first-order valence-corrected chi connectivity index (χ1v) is 8.32. The Bertz CT molecular complexity index is 716. The molecule has 0 aliphatic carbocycles. The van der Waals surface area contributed by atoms with Gasteiger partial charge in [0.05, 0.1) is 0 Å². The van der Waals surface area contributed by atoms with E-state index in [1.807, 2.05) is 6.07 Å². The summed E-state index contributed by atoms with van der Waals surface area (Å²) in [6, 6.07) is 14.7. The highest BCUT2D eigenvalue weighted by Gasteiger charge is 2.00. The summed E-state index contributed by atoms with van der Waals surface area (Å²) in [5.74, 6) is 0.521. The molecule has 1 aromatic carbocycles. The van der Waals surface area contributed by atoms with Gasteiger partial charge in [-0.1, -0.05) is 24.3 Å². The van der Waals surface area contributed by atoms with E-state index in [-0.39, 0.29) is 24.0 Å². The molecule has 2 aromatic heterocycles. The molecule has 3 aromatic rings. The maximum Gasteiger partial charge on any atom is 0.188 e. The number of para-hydroxylation sites is 1. The number of aromatic nitrogens is 1. The molecule has 0 atom stereocenters. The Balaban J connectivity index is 0.00000192. The first kappa shape index (κ1) is 17.8. The van der Waals surface area contributed by atoms with Crippen LogP contribution in [0.5, 0.6) is 0 Å². The molecule has 0 spiro atoms. The number of hydrogen-bond donors (Lipinski definition) is 3. The van der Waals surface area contributed by atoms with Crippen molar-refractivity contribution in [2.45, 2.75) is 12.8 Å².